The van der Waals surface area contributed by atoms with Crippen molar-refractivity contribution in [2.24, 2.45) is 0 Å². The smallest absolute Gasteiger partial charge is 0.257 e. The third kappa shape index (κ3) is 13.0. The summed E-state index contributed by atoms with van der Waals surface area (Å²) in [7, 11) is 3.20. The van der Waals surface area contributed by atoms with Gasteiger partial charge in [-0.05, 0) is 176 Å². The van der Waals surface area contributed by atoms with Crippen LogP contribution in [0.15, 0.2) is 133 Å². The third-order valence-electron chi connectivity index (χ3n) is 15.7. The van der Waals surface area contributed by atoms with Crippen molar-refractivity contribution >= 4 is 40.9 Å². The number of likely N-dealkylation sites (tertiary alicyclic amines) is 2. The van der Waals surface area contributed by atoms with Crippen LogP contribution in [0.4, 0.5) is 23.2 Å². The molecule has 0 spiro atoms. The molecule has 12 rings (SSSR count). The normalized spacial score (nSPS) is 14.2. The van der Waals surface area contributed by atoms with Crippen molar-refractivity contribution in [3.63, 3.8) is 0 Å². The van der Waals surface area contributed by atoms with E-state index in [4.69, 9.17) is 26.8 Å². The summed E-state index contributed by atoms with van der Waals surface area (Å²) in [6.45, 7) is 8.39. The van der Waals surface area contributed by atoms with Gasteiger partial charge in [0.2, 0.25) is 0 Å². The van der Waals surface area contributed by atoms with Gasteiger partial charge in [0.15, 0.2) is 0 Å². The molecule has 6 aromatic carbocycles. The fourth-order valence-electron chi connectivity index (χ4n) is 11.1. The number of nitrogen functional groups attached to an aromatic ring is 1. The van der Waals surface area contributed by atoms with E-state index in [1.807, 2.05) is 72.2 Å². The van der Waals surface area contributed by atoms with Crippen LogP contribution >= 0.6 is 11.6 Å². The van der Waals surface area contributed by atoms with E-state index in [0.29, 0.717) is 53.3 Å². The maximum Gasteiger partial charge on any atom is 0.257 e. The number of benzene rings is 6. The summed E-state index contributed by atoms with van der Waals surface area (Å²) in [5.41, 5.74) is 14.4. The number of hydrogen-bond acceptors (Lipinski definition) is 9. The predicted molar refractivity (Wildman–Crippen MR) is 317 cm³/mol. The Kier molecular flexibility index (Phi) is 17.9. The summed E-state index contributed by atoms with van der Waals surface area (Å²) >= 11 is 6.31. The van der Waals surface area contributed by atoms with Crippen molar-refractivity contribution in [1.29, 1.82) is 0 Å². The number of aryl methyl sites for hydroxylation is 2. The third-order valence-corrected chi connectivity index (χ3v) is 16.0. The Morgan fingerprint density at radius 3 is 1.38 bits per heavy atom. The Balaban J connectivity index is 0.000000160. The number of amides is 4. The average molecular weight is 1170 g/mol. The molecule has 0 unspecified atom stereocenters. The summed E-state index contributed by atoms with van der Waals surface area (Å²) in [4.78, 5) is 67.3. The van der Waals surface area contributed by atoms with Crippen molar-refractivity contribution in [1.82, 2.24) is 29.6 Å². The Morgan fingerprint density at radius 2 is 0.941 bits per heavy atom. The summed E-state index contributed by atoms with van der Waals surface area (Å²) in [5, 5.41) is 0.131. The summed E-state index contributed by atoms with van der Waals surface area (Å²) in [5.74, 6) is -1.71. The van der Waals surface area contributed by atoms with Crippen LogP contribution < -0.4 is 15.2 Å². The first kappa shape index (κ1) is 59.1. The van der Waals surface area contributed by atoms with Crippen LogP contribution in [0.25, 0.3) is 22.5 Å². The van der Waals surface area contributed by atoms with Crippen LogP contribution in [0.3, 0.4) is 0 Å². The number of halogens is 5. The summed E-state index contributed by atoms with van der Waals surface area (Å²) < 4.78 is 68.5. The minimum Gasteiger partial charge on any atom is -0.497 e. The van der Waals surface area contributed by atoms with Gasteiger partial charge in [0, 0.05) is 56.1 Å². The van der Waals surface area contributed by atoms with Crippen molar-refractivity contribution in [3.05, 3.63) is 229 Å². The molecule has 4 aliphatic heterocycles. The highest BCUT2D eigenvalue weighted by Crippen LogP contribution is 2.37. The van der Waals surface area contributed by atoms with Gasteiger partial charge in [0.25, 0.3) is 23.6 Å². The number of ether oxygens (including phenoxy) is 2. The molecular formula is C67H62ClF4N7O6. The molecule has 13 nitrogen and oxygen atoms in total. The van der Waals surface area contributed by atoms with Crippen molar-refractivity contribution < 1.29 is 46.2 Å². The molecule has 18 heteroatoms. The number of methoxy groups -OCH3 is 2. The standard InChI is InChI=1S/C34H31F2N3O3.C22H17ClF2N2O2.C11H14N2O/c1-21-16-26(42-2)13-12-24(21)19-39-20-30-31(34(39)41)25(18-29(37-30)32-27(35)6-5-7-28(32)36)17-22-8-10-23(11-9-22)33(40)38-14-3-4-15-38;1-12-8-14(29-2)7-6-13(12)10-27-11-19-20(22(27)28)15(23)9-18(26-19)21-16(24)4-3-5-17(21)25;12-10-5-3-9(4-6-10)11(14)13-7-1-2-8-13/h5-13,16,18H,3-4,14-15,17,19-20H2,1-2H3;3-9H,10-11H2,1-2H3;3-6H,1-2,7-8,12H2. The highest BCUT2D eigenvalue weighted by Gasteiger charge is 2.35. The molecule has 2 N–H and O–H groups in total. The lowest BCUT2D eigenvalue weighted by molar-refractivity contribution is 0.0758. The first-order valence-electron chi connectivity index (χ1n) is 28.0. The molecule has 8 aromatic rings. The van der Waals surface area contributed by atoms with Gasteiger partial charge in [-0.15, -0.1) is 0 Å². The Bertz CT molecular complexity index is 3810. The first-order chi connectivity index (χ1) is 41.0. The van der Waals surface area contributed by atoms with Crippen LogP contribution in [-0.2, 0) is 32.6 Å². The topological polar surface area (TPSA) is 152 Å². The second kappa shape index (κ2) is 25.8. The second-order valence-electron chi connectivity index (χ2n) is 21.4. The van der Waals surface area contributed by atoms with Gasteiger partial charge in [0.1, 0.15) is 34.8 Å². The monoisotopic (exact) mass is 1170 g/mol. The molecule has 436 valence electrons. The molecule has 0 bridgehead atoms. The fraction of sp³-hybridized carbons (Fsp3) is 0.254. The van der Waals surface area contributed by atoms with Gasteiger partial charge in [-0.1, -0.05) is 48.0 Å². The van der Waals surface area contributed by atoms with Crippen molar-refractivity contribution in [2.45, 2.75) is 72.1 Å². The highest BCUT2D eigenvalue weighted by molar-refractivity contribution is 6.34. The molecule has 4 aliphatic rings. The van der Waals surface area contributed by atoms with Gasteiger partial charge >= 0.3 is 0 Å². The second-order valence-corrected chi connectivity index (χ2v) is 21.8. The van der Waals surface area contributed by atoms with Gasteiger partial charge in [0.05, 0.1) is 77.4 Å². The number of hydrogen-bond donors (Lipinski definition) is 1. The molecule has 4 amide bonds. The molecule has 0 radical (unpaired) electrons. The molecule has 2 fully saturated rings. The van der Waals surface area contributed by atoms with E-state index >= 15 is 0 Å². The molecule has 0 aliphatic carbocycles. The number of aromatic nitrogens is 2. The lowest BCUT2D eigenvalue weighted by Gasteiger charge is -2.17. The van der Waals surface area contributed by atoms with E-state index in [0.717, 1.165) is 109 Å². The zero-order valence-corrected chi connectivity index (χ0v) is 48.2. The van der Waals surface area contributed by atoms with Crippen LogP contribution in [-0.4, -0.2) is 93.6 Å². The molecule has 6 heterocycles. The van der Waals surface area contributed by atoms with Crippen LogP contribution in [0.2, 0.25) is 5.02 Å². The van der Waals surface area contributed by atoms with Gasteiger partial charge < -0.3 is 34.8 Å². The van der Waals surface area contributed by atoms with E-state index in [-0.39, 0.29) is 69.8 Å². The number of nitrogens with two attached hydrogens (primary N) is 1. The van der Waals surface area contributed by atoms with Crippen LogP contribution in [0, 0.1) is 37.1 Å². The largest absolute Gasteiger partial charge is 0.497 e. The van der Waals surface area contributed by atoms with Crippen molar-refractivity contribution in [2.75, 3.05) is 46.1 Å². The highest BCUT2D eigenvalue weighted by atomic mass is 35.5. The number of fused-ring (bicyclic) bond motifs is 2. The zero-order valence-electron chi connectivity index (χ0n) is 47.5. The average Bonchev–Trinajstić information content (AvgIpc) is 2.22. The maximum atomic E-state index is 14.8. The van der Waals surface area contributed by atoms with E-state index < -0.39 is 23.3 Å². The molecular weight excluding hydrogens is 1110 g/mol. The molecule has 0 saturated carbocycles. The van der Waals surface area contributed by atoms with Crippen LogP contribution in [0.1, 0.15) is 112 Å². The quantitative estimate of drug-likeness (QED) is 0.0931. The number of carbonyl (C=O) groups excluding carboxylic acids is 4. The SMILES string of the molecule is COc1ccc(CN2Cc3nc(-c4c(F)cccc4F)cc(Cc4ccc(C(=O)N5CCCC5)cc4)c3C2=O)c(C)c1.COc1ccc(CN2Cc3nc(-c4c(F)cccc4F)cc(Cl)c3C2=O)c(C)c1.Nc1ccc(C(=O)N2CCCC2)cc1. The summed E-state index contributed by atoms with van der Waals surface area (Å²) in [6, 6.07) is 36.1. The first-order valence-corrected chi connectivity index (χ1v) is 28.4. The van der Waals surface area contributed by atoms with E-state index in [1.165, 1.54) is 30.3 Å². The molecule has 2 saturated heterocycles. The number of anilines is 1. The van der Waals surface area contributed by atoms with Crippen LogP contribution in [0.5, 0.6) is 11.5 Å². The number of nitrogens with zero attached hydrogens (tertiary/aromatic N) is 6. The molecule has 0 atom stereocenters. The molecule has 2 aromatic heterocycles. The predicted octanol–water partition coefficient (Wildman–Crippen LogP) is 13.0. The van der Waals surface area contributed by atoms with Gasteiger partial charge in [-0.3, -0.25) is 19.2 Å². The van der Waals surface area contributed by atoms with E-state index in [2.05, 4.69) is 9.97 Å². The number of carbonyl (C=O) groups is 4. The minimum atomic E-state index is -0.733. The lowest BCUT2D eigenvalue weighted by Crippen LogP contribution is -2.27. The summed E-state index contributed by atoms with van der Waals surface area (Å²) in [6.07, 6.45) is 4.63. The number of pyridine rings is 2. The fourth-order valence-corrected chi connectivity index (χ4v) is 11.4. The Labute approximate surface area is 495 Å². The van der Waals surface area contributed by atoms with E-state index in [1.54, 1.807) is 66.5 Å². The maximum absolute atomic E-state index is 14.8. The Hall–Kier alpha value is -9.09. The zero-order chi connectivity index (χ0) is 60.1. The van der Waals surface area contributed by atoms with Crippen molar-refractivity contribution in [3.8, 4) is 34.0 Å². The minimum absolute atomic E-state index is 0.0146. The van der Waals surface area contributed by atoms with E-state index in [9.17, 15) is 36.7 Å². The van der Waals surface area contributed by atoms with Gasteiger partial charge in [-0.25, -0.2) is 27.5 Å². The Morgan fingerprint density at radius 1 is 0.529 bits per heavy atom. The number of rotatable bonds is 12. The van der Waals surface area contributed by atoms with Gasteiger partial charge in [-0.2, -0.15) is 0 Å². The lowest BCUT2D eigenvalue weighted by atomic mass is 9.96. The molecule has 85 heavy (non-hydrogen) atoms.